The average Bonchev–Trinajstić information content (AvgIpc) is 2.75. The van der Waals surface area contributed by atoms with Crippen LogP contribution in [-0.4, -0.2) is 88.4 Å². The first-order chi connectivity index (χ1) is 11.3. The molecule has 1 fully saturated rings. The van der Waals surface area contributed by atoms with Crippen LogP contribution in [0.3, 0.4) is 0 Å². The number of likely N-dealkylation sites (N-methyl/N-ethyl adjacent to an activating group) is 1. The second-order valence-electron chi connectivity index (χ2n) is 6.09. The first-order valence-corrected chi connectivity index (χ1v) is 9.27. The number of halogens is 1. The molecule has 144 valence electrons. The third-order valence-corrected chi connectivity index (χ3v) is 4.05. The van der Waals surface area contributed by atoms with E-state index >= 15 is 0 Å². The maximum absolute atomic E-state index is 5.35. The van der Waals surface area contributed by atoms with Gasteiger partial charge in [0.1, 0.15) is 0 Å². The second kappa shape index (κ2) is 16.4. The Labute approximate surface area is 165 Å². The minimum Gasteiger partial charge on any atom is -0.382 e. The van der Waals surface area contributed by atoms with Gasteiger partial charge < -0.3 is 25.2 Å². The van der Waals surface area contributed by atoms with Crippen LogP contribution in [-0.2, 0) is 4.74 Å². The van der Waals surface area contributed by atoms with Crippen LogP contribution in [0.2, 0.25) is 0 Å². The number of hydrogen-bond donors (Lipinski definition) is 2. The predicted molar refractivity (Wildman–Crippen MR) is 114 cm³/mol. The van der Waals surface area contributed by atoms with Crippen molar-refractivity contribution in [3.05, 3.63) is 0 Å². The zero-order chi connectivity index (χ0) is 16.8. The van der Waals surface area contributed by atoms with E-state index in [-0.39, 0.29) is 24.0 Å². The summed E-state index contributed by atoms with van der Waals surface area (Å²) in [5.74, 6) is 0.941. The Kier molecular flexibility index (Phi) is 16.3. The molecule has 2 N–H and O–H groups in total. The zero-order valence-electron chi connectivity index (χ0n) is 15.9. The number of unbranched alkanes of at least 4 members (excludes halogenated alkanes) is 1. The molecule has 0 unspecified atom stereocenters. The van der Waals surface area contributed by atoms with Crippen molar-refractivity contribution in [3.8, 4) is 0 Å². The molecule has 0 aromatic rings. The van der Waals surface area contributed by atoms with E-state index in [1.54, 1.807) is 0 Å². The highest BCUT2D eigenvalue weighted by atomic mass is 127. The molecular formula is C17H38IN5O. The fourth-order valence-electron chi connectivity index (χ4n) is 2.65. The molecule has 0 bridgehead atoms. The minimum absolute atomic E-state index is 0. The Morgan fingerprint density at radius 1 is 1.08 bits per heavy atom. The molecule has 6 nitrogen and oxygen atoms in total. The molecule has 0 atom stereocenters. The summed E-state index contributed by atoms with van der Waals surface area (Å²) in [6.45, 7) is 14.4. The number of ether oxygens (including phenoxy) is 1. The van der Waals surface area contributed by atoms with Gasteiger partial charge in [0.2, 0.25) is 0 Å². The molecule has 0 aromatic heterocycles. The highest BCUT2D eigenvalue weighted by Gasteiger charge is 2.11. The number of nitrogens with zero attached hydrogens (tertiary/aromatic N) is 3. The summed E-state index contributed by atoms with van der Waals surface area (Å²) in [6.07, 6.45) is 3.43. The lowest BCUT2D eigenvalue weighted by Gasteiger charge is -2.21. The predicted octanol–water partition coefficient (Wildman–Crippen LogP) is 1.61. The Morgan fingerprint density at radius 3 is 2.67 bits per heavy atom. The fourth-order valence-corrected chi connectivity index (χ4v) is 2.65. The Hall–Kier alpha value is -0.120. The third kappa shape index (κ3) is 12.3. The summed E-state index contributed by atoms with van der Waals surface area (Å²) in [6, 6.07) is 0. The van der Waals surface area contributed by atoms with E-state index in [2.05, 4.69) is 39.4 Å². The van der Waals surface area contributed by atoms with Crippen molar-refractivity contribution in [3.63, 3.8) is 0 Å². The van der Waals surface area contributed by atoms with Gasteiger partial charge in [0, 0.05) is 52.5 Å². The fraction of sp³-hybridized carbons (Fsp3) is 0.941. The van der Waals surface area contributed by atoms with Gasteiger partial charge in [-0.1, -0.05) is 0 Å². The quantitative estimate of drug-likeness (QED) is 0.227. The number of nitrogens with one attached hydrogen (secondary N) is 2. The van der Waals surface area contributed by atoms with Crippen LogP contribution >= 0.6 is 24.0 Å². The van der Waals surface area contributed by atoms with Crippen molar-refractivity contribution in [1.29, 1.82) is 0 Å². The van der Waals surface area contributed by atoms with Gasteiger partial charge in [-0.15, -0.1) is 24.0 Å². The molecule has 1 saturated heterocycles. The van der Waals surface area contributed by atoms with Crippen LogP contribution in [0.15, 0.2) is 4.99 Å². The van der Waals surface area contributed by atoms with Crippen molar-refractivity contribution in [2.24, 2.45) is 4.99 Å². The van der Waals surface area contributed by atoms with Gasteiger partial charge >= 0.3 is 0 Å². The molecule has 24 heavy (non-hydrogen) atoms. The average molecular weight is 455 g/mol. The van der Waals surface area contributed by atoms with Crippen molar-refractivity contribution < 1.29 is 4.74 Å². The van der Waals surface area contributed by atoms with E-state index in [0.717, 1.165) is 58.2 Å². The minimum atomic E-state index is 0. The Morgan fingerprint density at radius 2 is 1.92 bits per heavy atom. The summed E-state index contributed by atoms with van der Waals surface area (Å²) in [5, 5.41) is 6.78. The summed E-state index contributed by atoms with van der Waals surface area (Å²) >= 11 is 0. The second-order valence-corrected chi connectivity index (χ2v) is 6.09. The number of hydrogen-bond acceptors (Lipinski definition) is 4. The summed E-state index contributed by atoms with van der Waals surface area (Å²) in [4.78, 5) is 9.60. The van der Waals surface area contributed by atoms with E-state index in [9.17, 15) is 0 Å². The van der Waals surface area contributed by atoms with Crippen LogP contribution in [0, 0.1) is 0 Å². The van der Waals surface area contributed by atoms with Crippen LogP contribution in [0.25, 0.3) is 0 Å². The van der Waals surface area contributed by atoms with Gasteiger partial charge in [0.05, 0.1) is 0 Å². The molecule has 1 heterocycles. The van der Waals surface area contributed by atoms with Crippen LogP contribution in [0.5, 0.6) is 0 Å². The zero-order valence-corrected chi connectivity index (χ0v) is 18.2. The monoisotopic (exact) mass is 455 g/mol. The van der Waals surface area contributed by atoms with E-state index in [4.69, 9.17) is 4.74 Å². The molecule has 1 aliphatic rings. The van der Waals surface area contributed by atoms with Gasteiger partial charge in [-0.3, -0.25) is 4.99 Å². The van der Waals surface area contributed by atoms with E-state index in [1.165, 1.54) is 32.6 Å². The molecule has 0 amide bonds. The van der Waals surface area contributed by atoms with E-state index < -0.39 is 0 Å². The van der Waals surface area contributed by atoms with Crippen molar-refractivity contribution in [2.45, 2.75) is 33.1 Å². The molecule has 0 aliphatic carbocycles. The van der Waals surface area contributed by atoms with Gasteiger partial charge in [0.15, 0.2) is 5.96 Å². The molecular weight excluding hydrogens is 417 g/mol. The highest BCUT2D eigenvalue weighted by Crippen LogP contribution is 1.99. The van der Waals surface area contributed by atoms with E-state index in [1.807, 2.05) is 6.92 Å². The highest BCUT2D eigenvalue weighted by molar-refractivity contribution is 14.0. The number of aliphatic imine (C=N–C) groups is 1. The molecule has 0 aromatic carbocycles. The lowest BCUT2D eigenvalue weighted by molar-refractivity contribution is 0.144. The van der Waals surface area contributed by atoms with Crippen LogP contribution in [0.1, 0.15) is 33.1 Å². The Balaban J connectivity index is 0.00000529. The lowest BCUT2D eigenvalue weighted by Crippen LogP contribution is -2.42. The summed E-state index contributed by atoms with van der Waals surface area (Å²) in [7, 11) is 2.21. The first kappa shape index (κ1) is 23.9. The van der Waals surface area contributed by atoms with Crippen LogP contribution < -0.4 is 10.6 Å². The summed E-state index contributed by atoms with van der Waals surface area (Å²) in [5.41, 5.74) is 0. The topological polar surface area (TPSA) is 52.1 Å². The van der Waals surface area contributed by atoms with Crippen LogP contribution in [0.4, 0.5) is 0 Å². The van der Waals surface area contributed by atoms with Crippen molar-refractivity contribution >= 4 is 29.9 Å². The molecule has 0 spiro atoms. The van der Waals surface area contributed by atoms with Gasteiger partial charge in [-0.05, 0) is 53.2 Å². The Bertz CT molecular complexity index is 317. The molecule has 1 rings (SSSR count). The van der Waals surface area contributed by atoms with Gasteiger partial charge in [-0.2, -0.15) is 0 Å². The maximum Gasteiger partial charge on any atom is 0.191 e. The van der Waals surface area contributed by atoms with Gasteiger partial charge in [0.25, 0.3) is 0 Å². The smallest absolute Gasteiger partial charge is 0.191 e. The van der Waals surface area contributed by atoms with Gasteiger partial charge in [-0.25, -0.2) is 0 Å². The lowest BCUT2D eigenvalue weighted by atomic mass is 10.3. The maximum atomic E-state index is 5.35. The molecule has 0 radical (unpaired) electrons. The standard InChI is InChI=1S/C17H37N5O.HI/c1-4-18-17(19-9-6-7-16-23-5-2)20-10-13-22-12-8-11-21(3)14-15-22;/h4-16H2,1-3H3,(H2,18,19,20);1H. The van der Waals surface area contributed by atoms with E-state index in [0.29, 0.717) is 0 Å². The van der Waals surface area contributed by atoms with Crippen molar-refractivity contribution in [1.82, 2.24) is 20.4 Å². The largest absolute Gasteiger partial charge is 0.382 e. The normalized spacial score (nSPS) is 17.2. The third-order valence-electron chi connectivity index (χ3n) is 4.05. The molecule has 1 aliphatic heterocycles. The van der Waals surface area contributed by atoms with Crippen molar-refractivity contribution in [2.75, 3.05) is 72.6 Å². The number of guanidine groups is 1. The molecule has 0 saturated carbocycles. The first-order valence-electron chi connectivity index (χ1n) is 9.27. The SMILES string of the molecule is CCNC(=NCCCCOCC)NCCN1CCCN(C)CC1.I. The number of rotatable bonds is 10. The molecule has 7 heteroatoms. The summed E-state index contributed by atoms with van der Waals surface area (Å²) < 4.78 is 5.35.